The van der Waals surface area contributed by atoms with Crippen molar-refractivity contribution in [2.75, 3.05) is 38.2 Å². The summed E-state index contributed by atoms with van der Waals surface area (Å²) in [6.07, 6.45) is 2.31. The van der Waals surface area contributed by atoms with Crippen molar-refractivity contribution in [1.82, 2.24) is 13.6 Å². The molecule has 2 N–H and O–H groups in total. The summed E-state index contributed by atoms with van der Waals surface area (Å²) in [5.41, 5.74) is 5.42. The summed E-state index contributed by atoms with van der Waals surface area (Å²) in [6, 6.07) is 2.81. The number of nitrogens with two attached hydrogens (primary N) is 1. The second-order valence-electron chi connectivity index (χ2n) is 4.48. The van der Waals surface area contributed by atoms with Gasteiger partial charge in [0.2, 0.25) is 20.0 Å². The number of sulfonamides is 2. The molecule has 2 heterocycles. The molecule has 0 saturated carbocycles. The predicted octanol–water partition coefficient (Wildman–Crippen LogP) is -1.07. The van der Waals surface area contributed by atoms with E-state index < -0.39 is 20.0 Å². The molecule has 8 nitrogen and oxygen atoms in total. The van der Waals surface area contributed by atoms with Crippen LogP contribution < -0.4 is 5.73 Å². The van der Waals surface area contributed by atoms with E-state index in [1.165, 1.54) is 26.9 Å². The number of aromatic nitrogens is 1. The fourth-order valence-electron chi connectivity index (χ4n) is 1.94. The van der Waals surface area contributed by atoms with Gasteiger partial charge in [-0.3, -0.25) is 0 Å². The Morgan fingerprint density at radius 1 is 1.05 bits per heavy atom. The summed E-state index contributed by atoms with van der Waals surface area (Å²) in [6.45, 7) is 0.556. The van der Waals surface area contributed by atoms with Gasteiger partial charge >= 0.3 is 0 Å². The molecule has 1 aromatic rings. The van der Waals surface area contributed by atoms with Crippen LogP contribution in [0.2, 0.25) is 0 Å². The molecule has 1 fully saturated rings. The van der Waals surface area contributed by atoms with E-state index in [0.29, 0.717) is 0 Å². The van der Waals surface area contributed by atoms with Crippen molar-refractivity contribution in [2.45, 2.75) is 4.90 Å². The van der Waals surface area contributed by atoms with Gasteiger partial charge in [-0.2, -0.15) is 8.61 Å². The van der Waals surface area contributed by atoms with Crippen LogP contribution in [0.4, 0.5) is 5.82 Å². The average Bonchev–Trinajstić information content (AvgIpc) is 2.38. The number of nitrogen functional groups attached to an aromatic ring is 1. The van der Waals surface area contributed by atoms with Gasteiger partial charge in [-0.25, -0.2) is 21.8 Å². The monoisotopic (exact) mass is 320 g/mol. The van der Waals surface area contributed by atoms with Crippen LogP contribution in [0.15, 0.2) is 23.2 Å². The average molecular weight is 320 g/mol. The summed E-state index contributed by atoms with van der Waals surface area (Å²) in [5.74, 6) is 0.242. The first-order chi connectivity index (χ1) is 9.21. The molecule has 112 valence electrons. The largest absolute Gasteiger partial charge is 0.384 e. The highest BCUT2D eigenvalue weighted by Crippen LogP contribution is 2.18. The van der Waals surface area contributed by atoms with Crippen LogP contribution in [0.1, 0.15) is 0 Å². The van der Waals surface area contributed by atoms with Crippen molar-refractivity contribution in [2.24, 2.45) is 0 Å². The highest BCUT2D eigenvalue weighted by Gasteiger charge is 2.31. The molecule has 0 radical (unpaired) electrons. The fourth-order valence-corrected chi connectivity index (χ4v) is 4.13. The molecule has 1 aliphatic heterocycles. The first-order valence-corrected chi connectivity index (χ1v) is 9.17. The van der Waals surface area contributed by atoms with Gasteiger partial charge in [-0.15, -0.1) is 0 Å². The van der Waals surface area contributed by atoms with Crippen LogP contribution in [0, 0.1) is 0 Å². The molecule has 1 aromatic heterocycles. The summed E-state index contributed by atoms with van der Waals surface area (Å²) in [4.78, 5) is 3.82. The van der Waals surface area contributed by atoms with Crippen molar-refractivity contribution >= 4 is 25.9 Å². The van der Waals surface area contributed by atoms with E-state index in [9.17, 15) is 16.8 Å². The van der Waals surface area contributed by atoms with Gasteiger partial charge < -0.3 is 5.73 Å². The van der Waals surface area contributed by atoms with Crippen LogP contribution in [0.3, 0.4) is 0 Å². The van der Waals surface area contributed by atoms with E-state index >= 15 is 0 Å². The molecule has 0 atom stereocenters. The maximum atomic E-state index is 12.3. The molecule has 1 aliphatic rings. The Labute approximate surface area is 118 Å². The summed E-state index contributed by atoms with van der Waals surface area (Å²) in [7, 11) is -6.94. The van der Waals surface area contributed by atoms with Gasteiger partial charge in [0.1, 0.15) is 10.7 Å². The lowest BCUT2D eigenvalue weighted by molar-refractivity contribution is 0.274. The Hall–Kier alpha value is -1.23. The van der Waals surface area contributed by atoms with Crippen molar-refractivity contribution in [1.29, 1.82) is 0 Å². The van der Waals surface area contributed by atoms with Gasteiger partial charge in [0.25, 0.3) is 0 Å². The van der Waals surface area contributed by atoms with Crippen LogP contribution in [0.25, 0.3) is 0 Å². The third kappa shape index (κ3) is 3.08. The summed E-state index contributed by atoms with van der Waals surface area (Å²) >= 11 is 0. The number of hydrogen-bond donors (Lipinski definition) is 1. The van der Waals surface area contributed by atoms with Crippen LogP contribution in [-0.2, 0) is 20.0 Å². The molecular formula is C10H16N4O4S2. The van der Waals surface area contributed by atoms with Crippen molar-refractivity contribution in [3.63, 3.8) is 0 Å². The highest BCUT2D eigenvalue weighted by atomic mass is 32.2. The Bertz CT molecular complexity index is 676. The van der Waals surface area contributed by atoms with Gasteiger partial charge in [0, 0.05) is 32.4 Å². The smallest absolute Gasteiger partial charge is 0.244 e. The van der Waals surface area contributed by atoms with E-state index in [1.807, 2.05) is 0 Å². The van der Waals surface area contributed by atoms with Crippen molar-refractivity contribution in [3.8, 4) is 0 Å². The SMILES string of the molecule is CS(=O)(=O)N1CCN(S(=O)(=O)c2ccc(N)nc2)CC1. The van der Waals surface area contributed by atoms with Crippen LogP contribution in [-0.4, -0.2) is 62.9 Å². The normalized spacial score (nSPS) is 19.1. The number of rotatable bonds is 3. The second kappa shape index (κ2) is 5.28. The third-order valence-corrected chi connectivity index (χ3v) is 6.25. The maximum absolute atomic E-state index is 12.3. The quantitative estimate of drug-likeness (QED) is 0.758. The van der Waals surface area contributed by atoms with E-state index in [-0.39, 0.29) is 36.9 Å². The molecular weight excluding hydrogens is 304 g/mol. The van der Waals surface area contributed by atoms with E-state index in [1.54, 1.807) is 0 Å². The molecule has 20 heavy (non-hydrogen) atoms. The lowest BCUT2D eigenvalue weighted by Crippen LogP contribution is -2.50. The topological polar surface area (TPSA) is 114 Å². The second-order valence-corrected chi connectivity index (χ2v) is 8.41. The Balaban J connectivity index is 2.15. The standard InChI is InChI=1S/C10H16N4O4S2/c1-19(15,16)13-4-6-14(7-5-13)20(17,18)9-2-3-10(11)12-8-9/h2-3,8H,4-7H2,1H3,(H2,11,12). The third-order valence-electron chi connectivity index (χ3n) is 3.06. The molecule has 0 bridgehead atoms. The first-order valence-electron chi connectivity index (χ1n) is 5.88. The Morgan fingerprint density at radius 2 is 1.60 bits per heavy atom. The molecule has 0 unspecified atom stereocenters. The molecule has 0 aliphatic carbocycles. The van der Waals surface area contributed by atoms with Gasteiger partial charge in [-0.1, -0.05) is 0 Å². The molecule has 2 rings (SSSR count). The zero-order valence-electron chi connectivity index (χ0n) is 10.9. The first kappa shape index (κ1) is 15.2. The lowest BCUT2D eigenvalue weighted by Gasteiger charge is -2.32. The maximum Gasteiger partial charge on any atom is 0.244 e. The lowest BCUT2D eigenvalue weighted by atomic mass is 10.4. The van der Waals surface area contributed by atoms with Crippen molar-refractivity contribution < 1.29 is 16.8 Å². The van der Waals surface area contributed by atoms with Gasteiger partial charge in [0.15, 0.2) is 0 Å². The molecule has 0 spiro atoms. The minimum absolute atomic E-state index is 0.0551. The van der Waals surface area contributed by atoms with E-state index in [4.69, 9.17) is 5.73 Å². The highest BCUT2D eigenvalue weighted by molar-refractivity contribution is 7.89. The van der Waals surface area contributed by atoms with Crippen molar-refractivity contribution in [3.05, 3.63) is 18.3 Å². The van der Waals surface area contributed by atoms with Crippen LogP contribution >= 0.6 is 0 Å². The Kier molecular flexibility index (Phi) is 4.00. The number of anilines is 1. The Morgan fingerprint density at radius 3 is 2.05 bits per heavy atom. The zero-order valence-corrected chi connectivity index (χ0v) is 12.6. The van der Waals surface area contributed by atoms with Gasteiger partial charge in [-0.05, 0) is 12.1 Å². The fraction of sp³-hybridized carbons (Fsp3) is 0.500. The summed E-state index contributed by atoms with van der Waals surface area (Å²) in [5, 5.41) is 0. The molecule has 0 amide bonds. The van der Waals surface area contributed by atoms with E-state index in [2.05, 4.69) is 4.98 Å². The minimum Gasteiger partial charge on any atom is -0.384 e. The number of nitrogens with zero attached hydrogens (tertiary/aromatic N) is 3. The van der Waals surface area contributed by atoms with Gasteiger partial charge in [0.05, 0.1) is 6.26 Å². The number of hydrogen-bond acceptors (Lipinski definition) is 6. The van der Waals surface area contributed by atoms with E-state index in [0.717, 1.165) is 6.26 Å². The van der Waals surface area contributed by atoms with Crippen LogP contribution in [0.5, 0.6) is 0 Å². The number of pyridine rings is 1. The predicted molar refractivity (Wildman–Crippen MR) is 73.8 cm³/mol. The molecule has 1 saturated heterocycles. The zero-order chi connectivity index (χ0) is 15.0. The molecule has 10 heteroatoms. The number of piperazine rings is 1. The molecule has 0 aromatic carbocycles. The minimum atomic E-state index is -3.65. The summed E-state index contributed by atoms with van der Waals surface area (Å²) < 4.78 is 49.9.